The largest absolute Gasteiger partial charge is 0.534 e. The highest BCUT2D eigenvalue weighted by Gasteiger charge is 2.60. The van der Waals surface area contributed by atoms with Gasteiger partial charge in [-0.25, -0.2) is 14.4 Å². The molecule has 3 amide bonds. The summed E-state index contributed by atoms with van der Waals surface area (Å²) in [6.07, 6.45) is -0.295. The van der Waals surface area contributed by atoms with Crippen LogP contribution in [0.15, 0.2) is 227 Å². The van der Waals surface area contributed by atoms with Gasteiger partial charge in [0.05, 0.1) is 25.0 Å². The third-order valence-electron chi connectivity index (χ3n) is 20.9. The summed E-state index contributed by atoms with van der Waals surface area (Å²) in [5, 5.41) is 27.5. The Labute approximate surface area is 741 Å². The van der Waals surface area contributed by atoms with E-state index in [4.69, 9.17) is 36.7 Å². The number of carbonyl (C=O) groups excluding carboxylic acids is 6. The summed E-state index contributed by atoms with van der Waals surface area (Å²) in [6.45, 7) is 2.00. The summed E-state index contributed by atoms with van der Waals surface area (Å²) in [7, 11) is -17.5. The Hall–Kier alpha value is -13.1. The number of allylic oxidation sites excluding steroid dienone is 3. The van der Waals surface area contributed by atoms with Crippen LogP contribution in [0, 0.1) is 11.8 Å². The molecule has 0 radical (unpaired) electrons. The van der Waals surface area contributed by atoms with Gasteiger partial charge in [0.2, 0.25) is 40.6 Å². The Morgan fingerprint density at radius 3 is 0.992 bits per heavy atom. The number of nitrogens with zero attached hydrogens (tertiary/aromatic N) is 9. The number of aliphatic carboxylic acids is 2. The van der Waals surface area contributed by atoms with Crippen molar-refractivity contribution < 1.29 is 145 Å². The Bertz CT molecular complexity index is 5920. The number of rotatable bonds is 27. The Morgan fingerprint density at radius 1 is 0.462 bits per heavy atom. The van der Waals surface area contributed by atoms with E-state index in [9.17, 15) is 108 Å². The van der Waals surface area contributed by atoms with Crippen molar-refractivity contribution in [1.29, 1.82) is 0 Å². The molecule has 2 aromatic heterocycles. The summed E-state index contributed by atoms with van der Waals surface area (Å²) in [4.78, 5) is 125. The summed E-state index contributed by atoms with van der Waals surface area (Å²) in [5.74, 6) is -14.6. The fourth-order valence-electron chi connectivity index (χ4n) is 14.9. The molecule has 49 heteroatoms. The second-order valence-corrected chi connectivity index (χ2v) is 34.8. The number of carboxylic acids is 2. The molecule has 9 heterocycles. The van der Waals surface area contributed by atoms with Crippen molar-refractivity contribution in [3.63, 3.8) is 0 Å². The van der Waals surface area contributed by atoms with Gasteiger partial charge in [-0.05, 0) is 32.1 Å². The van der Waals surface area contributed by atoms with E-state index < -0.39 is 207 Å². The zero-order valence-electron chi connectivity index (χ0n) is 66.4. The van der Waals surface area contributed by atoms with E-state index >= 15 is 0 Å². The van der Waals surface area contributed by atoms with E-state index in [1.54, 1.807) is 0 Å². The minimum Gasteiger partial charge on any atom is -0.476 e. The molecular weight excluding hydrogens is 1840 g/mol. The third kappa shape index (κ3) is 20.0. The average Bonchev–Trinajstić information content (AvgIpc) is 0.999. The van der Waals surface area contributed by atoms with Crippen LogP contribution < -0.4 is 17.2 Å². The highest BCUT2D eigenvalue weighted by atomic mass is 32.2. The predicted molar refractivity (Wildman–Crippen MR) is 439 cm³/mol. The Balaban J connectivity index is 0.000000196. The van der Waals surface area contributed by atoms with E-state index in [-0.39, 0.29) is 60.7 Å². The molecule has 7 aliphatic rings. The van der Waals surface area contributed by atoms with E-state index in [0.717, 1.165) is 48.3 Å². The van der Waals surface area contributed by atoms with Gasteiger partial charge in [0, 0.05) is 114 Å². The maximum atomic E-state index is 14.1. The van der Waals surface area contributed by atoms with Gasteiger partial charge in [-0.15, -0.1) is 0 Å². The first-order valence-corrected chi connectivity index (χ1v) is 44.0. The van der Waals surface area contributed by atoms with E-state index in [1.165, 1.54) is 12.8 Å². The number of fused-ring (bicyclic) bond motifs is 3. The number of nitrogen functional groups attached to an aromatic ring is 2. The number of Topliss-reactive ketones (excluding diaryl/α,β-unsaturated/α-hetero) is 2. The molecule has 15 rings (SSSR count). The maximum absolute atomic E-state index is 14.1. The lowest BCUT2D eigenvalue weighted by atomic mass is 9.77. The molecule has 8 aromatic rings. The number of esters is 1. The van der Waals surface area contributed by atoms with Crippen LogP contribution in [-0.2, 0) is 112 Å². The highest BCUT2D eigenvalue weighted by Crippen LogP contribution is 2.49. The quantitative estimate of drug-likeness (QED) is 0.00467. The molecule has 7 aliphatic heterocycles. The zero-order chi connectivity index (χ0) is 93.5. The number of halogens is 9. The van der Waals surface area contributed by atoms with E-state index in [0.29, 0.717) is 43.2 Å². The molecule has 130 heavy (non-hydrogen) atoms. The Morgan fingerprint density at radius 2 is 0.738 bits per heavy atom. The lowest BCUT2D eigenvalue weighted by molar-refractivity contribution is -0.161. The SMILES string of the molecule is C.C1CCOC1.COC(=O)C1=C(OS(=O)(=O)C(F)(F)F)CC[C@@H]2[C@H](CC(=O)/C(=N\OC(c3ccccc3)(c3ccccc3)c3ccccc3)c3nsc(N)n3)C(=O)N12.N[C@@H]1C(=O)N2C(C(=O)O)=C(OS(=O)(=O)C(F)(F)F)CCC12.Nc1nc(/C(=N/OC(c2ccccc2)(c2ccccc2)c2ccccc2)C(=O)C[C@@H]2C(=O)N3C(C(=O)O)=C(OS(=O)(=O)C(F)(F)F)CC[C@H]23)ns1. The van der Waals surface area contributed by atoms with Crippen molar-refractivity contribution in [3.05, 3.63) is 261 Å². The van der Waals surface area contributed by atoms with Gasteiger partial charge < -0.3 is 59.1 Å². The van der Waals surface area contributed by atoms with Crippen LogP contribution in [0.4, 0.5) is 49.8 Å². The summed E-state index contributed by atoms with van der Waals surface area (Å²) < 4.78 is 214. The molecule has 4 saturated heterocycles. The van der Waals surface area contributed by atoms with Gasteiger partial charge in [-0.3, -0.25) is 38.7 Å². The lowest BCUT2D eigenvalue weighted by Crippen LogP contribution is -2.69. The first kappa shape index (κ1) is 97.5. The number of oxime groups is 2. The zero-order valence-corrected chi connectivity index (χ0v) is 70.5. The third-order valence-corrected chi connectivity index (χ3v) is 24.9. The van der Waals surface area contributed by atoms with Crippen molar-refractivity contribution in [1.82, 2.24) is 33.4 Å². The lowest BCUT2D eigenvalue weighted by Gasteiger charge is -2.49. The second-order valence-electron chi connectivity index (χ2n) is 28.7. The number of aromatic nitrogens is 4. The molecule has 6 atom stereocenters. The van der Waals surface area contributed by atoms with Crippen LogP contribution >= 0.6 is 23.1 Å². The summed E-state index contributed by atoms with van der Waals surface area (Å²) >= 11 is 1.57. The number of amides is 3. The molecule has 8 N–H and O–H groups in total. The molecule has 0 aliphatic carbocycles. The molecule has 0 bridgehead atoms. The average molecular weight is 1920 g/mol. The van der Waals surface area contributed by atoms with Crippen molar-refractivity contribution in [2.24, 2.45) is 27.9 Å². The van der Waals surface area contributed by atoms with Crippen LogP contribution in [-0.4, -0.2) is 189 Å². The van der Waals surface area contributed by atoms with Gasteiger partial charge in [-0.1, -0.05) is 200 Å². The summed E-state index contributed by atoms with van der Waals surface area (Å²) in [5.41, 5.74) is -2.64. The van der Waals surface area contributed by atoms with Crippen LogP contribution in [0.25, 0.3) is 0 Å². The highest BCUT2D eigenvalue weighted by molar-refractivity contribution is 7.88. The standard InChI is InChI=1S/C34H28F3N5O8S2.C33H26F3N5O8S2.C9H9F3N2O6S.C4H8O.CH4/c1-48-31(45)28-26(49-52(46,47)34(35,36)37)18-17-24-23(30(44)42(24)28)19-25(43)27(29-39-32(38)51-41-29)40-50-33(20-11-5-2-6-12-20,21-13-7-3-8-14-21)22-15-9-4-10-16-22;34-33(35,36)51(46,47)48-25-17-16-23-22(29(43)41(23)27(25)30(44)45)18-24(42)26(28-38-31(37)50-40-28)39-49-32(19-10-4-1-5-11-19,20-12-6-2-7-13-20)21-14-8-3-9-15-21;10-9(11,12)21(18,19)20-4-2-1-3-5(13)7(15)14(3)6(4)8(16)17;1-2-4-5-3-1;/h2-16,23-24H,17-19H2,1H3,(H2,38,39,41);1-15,22-23H,16-18H2,(H,44,45)(H2,37,38,40);3,5H,1-2,13H2,(H,16,17);1-4H2;1H4/b40-27+;39-26+;;;/t23-,24+;22-,23+;3?,5-;;/m000../s1. The Kier molecular flexibility index (Phi) is 29.6. The number of methoxy groups -OCH3 is 1. The first-order valence-electron chi connectivity index (χ1n) is 38.2. The minimum atomic E-state index is -6.22. The van der Waals surface area contributed by atoms with Gasteiger partial charge in [0.1, 0.15) is 6.04 Å². The molecule has 6 aromatic carbocycles. The monoisotopic (exact) mass is 1910 g/mol. The molecule has 4 fully saturated rings. The van der Waals surface area contributed by atoms with Crippen LogP contribution in [0.3, 0.4) is 0 Å². The number of benzene rings is 6. The predicted octanol–water partition coefficient (Wildman–Crippen LogP) is 10.2. The van der Waals surface area contributed by atoms with Gasteiger partial charge >= 0.3 is 64.8 Å². The number of hydrogen-bond acceptors (Lipinski definition) is 32. The maximum Gasteiger partial charge on any atom is 0.534 e. The number of nitrogens with two attached hydrogens (primary N) is 3. The van der Waals surface area contributed by atoms with Crippen LogP contribution in [0.2, 0.25) is 0 Å². The van der Waals surface area contributed by atoms with Crippen molar-refractivity contribution in [2.75, 3.05) is 31.8 Å². The number of carboxylic acid groups (broad SMARTS) is 2. The summed E-state index contributed by atoms with van der Waals surface area (Å²) in [6, 6.07) is 51.2. The fraction of sp³-hybridized carbons (Fsp3) is 0.309. The number of anilines is 2. The smallest absolute Gasteiger partial charge is 0.476 e. The molecule has 690 valence electrons. The van der Waals surface area contributed by atoms with Gasteiger partial charge in [0.25, 0.3) is 0 Å². The minimum absolute atomic E-state index is 0. The number of alkyl halides is 9. The van der Waals surface area contributed by atoms with E-state index in [1.807, 2.05) is 182 Å². The molecular formula is C81H75F9N12O23S5. The molecule has 0 spiro atoms. The van der Waals surface area contributed by atoms with Crippen molar-refractivity contribution >= 4 is 122 Å². The topological polar surface area (TPSA) is 508 Å². The van der Waals surface area contributed by atoms with Crippen LogP contribution in [0.5, 0.6) is 0 Å². The molecule has 1 unspecified atom stereocenters. The number of β-lactam (4-membered cyclic amide) rings is 3. The van der Waals surface area contributed by atoms with Crippen LogP contribution in [0.1, 0.15) is 117 Å². The van der Waals surface area contributed by atoms with E-state index in [2.05, 4.69) is 46.3 Å². The molecule has 35 nitrogen and oxygen atoms in total. The van der Waals surface area contributed by atoms with Gasteiger partial charge in [-0.2, -0.15) is 83.5 Å². The fourth-order valence-corrected chi connectivity index (χ4v) is 17.4. The number of hydrogen-bond donors (Lipinski definition) is 5. The van der Waals surface area contributed by atoms with Gasteiger partial charge in [0.15, 0.2) is 67.6 Å². The van der Waals surface area contributed by atoms with Crippen molar-refractivity contribution in [3.8, 4) is 0 Å². The first-order chi connectivity index (χ1) is 61.0. The number of ether oxygens (including phenoxy) is 2. The van der Waals surface area contributed by atoms with Crippen molar-refractivity contribution in [2.45, 2.75) is 124 Å². The second kappa shape index (κ2) is 39.5. The number of ketones is 2. The molecule has 0 saturated carbocycles. The normalized spacial score (nSPS) is 19.5. The number of carbonyl (C=O) groups is 8.